The van der Waals surface area contributed by atoms with E-state index in [-0.39, 0.29) is 11.5 Å². The topological polar surface area (TPSA) is 95.9 Å². The van der Waals surface area contributed by atoms with Crippen molar-refractivity contribution in [3.05, 3.63) is 22.1 Å². The summed E-state index contributed by atoms with van der Waals surface area (Å²) in [5.41, 5.74) is 6.68. The second-order valence-corrected chi connectivity index (χ2v) is 5.61. The molecule has 0 saturated heterocycles. The predicted molar refractivity (Wildman–Crippen MR) is 77.8 cm³/mol. The Kier molecular flexibility index (Phi) is 4.46. The summed E-state index contributed by atoms with van der Waals surface area (Å²) in [4.78, 5) is 12.4. The van der Waals surface area contributed by atoms with Crippen LogP contribution >= 0.6 is 11.3 Å². The van der Waals surface area contributed by atoms with Gasteiger partial charge in [-0.2, -0.15) is 5.10 Å². The van der Waals surface area contributed by atoms with Crippen molar-refractivity contribution in [2.24, 2.45) is 0 Å². The molecule has 0 amide bonds. The van der Waals surface area contributed by atoms with Crippen molar-refractivity contribution < 1.29 is 4.74 Å². The van der Waals surface area contributed by atoms with Crippen molar-refractivity contribution in [3.63, 3.8) is 0 Å². The van der Waals surface area contributed by atoms with Crippen molar-refractivity contribution in [2.45, 2.75) is 26.3 Å². The number of nitrogens with zero attached hydrogens (tertiary/aromatic N) is 4. The Balaban J connectivity index is 2.54. The first-order valence-electron chi connectivity index (χ1n) is 6.23. The molecule has 0 aliphatic heterocycles. The summed E-state index contributed by atoms with van der Waals surface area (Å²) in [6.07, 6.45) is 0. The van der Waals surface area contributed by atoms with Gasteiger partial charge in [0.15, 0.2) is 5.01 Å². The minimum atomic E-state index is -0.206. The van der Waals surface area contributed by atoms with Crippen molar-refractivity contribution in [2.75, 3.05) is 19.5 Å². The van der Waals surface area contributed by atoms with Crippen LogP contribution in [0.1, 0.15) is 25.5 Å². The highest BCUT2D eigenvalue weighted by Crippen LogP contribution is 2.23. The molecule has 0 aliphatic carbocycles. The monoisotopic (exact) mass is 295 g/mol. The molecule has 0 spiro atoms. The quantitative estimate of drug-likeness (QED) is 0.887. The third-order valence-electron chi connectivity index (χ3n) is 2.76. The van der Waals surface area contributed by atoms with Gasteiger partial charge < -0.3 is 10.5 Å². The lowest BCUT2D eigenvalue weighted by Gasteiger charge is -2.11. The lowest BCUT2D eigenvalue weighted by molar-refractivity contribution is 0.181. The van der Waals surface area contributed by atoms with Crippen molar-refractivity contribution in [3.8, 4) is 10.6 Å². The van der Waals surface area contributed by atoms with Gasteiger partial charge in [-0.15, -0.1) is 10.2 Å². The summed E-state index contributed by atoms with van der Waals surface area (Å²) in [5.74, 6) is 0.202. The zero-order valence-corrected chi connectivity index (χ0v) is 12.5. The molecular formula is C12H17N5O2S. The van der Waals surface area contributed by atoms with Crippen molar-refractivity contribution >= 4 is 16.5 Å². The molecule has 0 unspecified atom stereocenters. The van der Waals surface area contributed by atoms with Gasteiger partial charge in [-0.3, -0.25) is 4.79 Å². The second kappa shape index (κ2) is 6.10. The standard InChI is InChI=1S/C12H17N5O2S/c1-7(2)9-6-8(10-14-15-12(13)20-10)11(18)17(16-9)4-5-19-3/h6-7H,4-5H2,1-3H3,(H2,13,15). The number of rotatable bonds is 5. The fourth-order valence-electron chi connectivity index (χ4n) is 1.67. The van der Waals surface area contributed by atoms with Crippen LogP contribution in [0, 0.1) is 0 Å². The maximum atomic E-state index is 12.4. The smallest absolute Gasteiger partial charge is 0.277 e. The van der Waals surface area contributed by atoms with E-state index in [1.54, 1.807) is 13.2 Å². The van der Waals surface area contributed by atoms with E-state index >= 15 is 0 Å². The first kappa shape index (κ1) is 14.6. The summed E-state index contributed by atoms with van der Waals surface area (Å²) in [6, 6.07) is 1.76. The van der Waals surface area contributed by atoms with Crippen LogP contribution in [0.3, 0.4) is 0 Å². The molecule has 7 nitrogen and oxygen atoms in total. The Morgan fingerprint density at radius 3 is 2.75 bits per heavy atom. The van der Waals surface area contributed by atoms with E-state index in [1.165, 1.54) is 16.0 Å². The van der Waals surface area contributed by atoms with Crippen LogP contribution in [0.15, 0.2) is 10.9 Å². The molecule has 0 bridgehead atoms. The van der Waals surface area contributed by atoms with Gasteiger partial charge in [-0.1, -0.05) is 25.2 Å². The molecule has 0 saturated carbocycles. The van der Waals surface area contributed by atoms with Gasteiger partial charge in [-0.25, -0.2) is 4.68 Å². The third-order valence-corrected chi connectivity index (χ3v) is 3.55. The highest BCUT2D eigenvalue weighted by Gasteiger charge is 2.15. The second-order valence-electron chi connectivity index (χ2n) is 4.60. The Labute approximate surface area is 120 Å². The molecule has 0 aliphatic rings. The molecule has 2 N–H and O–H groups in total. The van der Waals surface area contributed by atoms with E-state index in [0.717, 1.165) is 5.69 Å². The van der Waals surface area contributed by atoms with Gasteiger partial charge in [0, 0.05) is 7.11 Å². The summed E-state index contributed by atoms with van der Waals surface area (Å²) < 4.78 is 6.41. The summed E-state index contributed by atoms with van der Waals surface area (Å²) in [7, 11) is 1.59. The molecule has 20 heavy (non-hydrogen) atoms. The van der Waals surface area contributed by atoms with E-state index in [1.807, 2.05) is 13.8 Å². The van der Waals surface area contributed by atoms with Gasteiger partial charge in [0.25, 0.3) is 5.56 Å². The summed E-state index contributed by atoms with van der Waals surface area (Å²) >= 11 is 1.19. The van der Waals surface area contributed by atoms with Gasteiger partial charge in [-0.05, 0) is 12.0 Å². The Hall–Kier alpha value is -1.80. The first-order valence-corrected chi connectivity index (χ1v) is 7.05. The molecule has 2 rings (SSSR count). The molecule has 0 fully saturated rings. The Morgan fingerprint density at radius 1 is 1.45 bits per heavy atom. The highest BCUT2D eigenvalue weighted by molar-refractivity contribution is 7.18. The van der Waals surface area contributed by atoms with Gasteiger partial charge in [0.05, 0.1) is 24.4 Å². The lowest BCUT2D eigenvalue weighted by atomic mass is 10.1. The molecule has 0 radical (unpaired) electrons. The molecule has 8 heteroatoms. The molecule has 2 heterocycles. The number of nitrogen functional groups attached to an aromatic ring is 1. The predicted octanol–water partition coefficient (Wildman–Crippen LogP) is 1.11. The van der Waals surface area contributed by atoms with Gasteiger partial charge in [0.2, 0.25) is 5.13 Å². The Morgan fingerprint density at radius 2 is 2.20 bits per heavy atom. The van der Waals surface area contributed by atoms with Crippen molar-refractivity contribution in [1.82, 2.24) is 20.0 Å². The lowest BCUT2D eigenvalue weighted by Crippen LogP contribution is -2.27. The van der Waals surface area contributed by atoms with E-state index in [9.17, 15) is 4.79 Å². The fraction of sp³-hybridized carbons (Fsp3) is 0.500. The van der Waals surface area contributed by atoms with E-state index in [4.69, 9.17) is 10.5 Å². The molecular weight excluding hydrogens is 278 g/mol. The van der Waals surface area contributed by atoms with E-state index in [2.05, 4.69) is 15.3 Å². The molecule has 108 valence electrons. The number of anilines is 1. The number of ether oxygens (including phenoxy) is 1. The van der Waals surface area contributed by atoms with Crippen LogP contribution in [0.4, 0.5) is 5.13 Å². The number of nitrogens with two attached hydrogens (primary N) is 1. The van der Waals surface area contributed by atoms with Crippen LogP contribution in [-0.2, 0) is 11.3 Å². The zero-order valence-electron chi connectivity index (χ0n) is 11.7. The number of hydrogen-bond donors (Lipinski definition) is 1. The number of methoxy groups -OCH3 is 1. The largest absolute Gasteiger partial charge is 0.383 e. The molecule has 0 atom stereocenters. The average Bonchev–Trinajstić information content (AvgIpc) is 2.83. The zero-order chi connectivity index (χ0) is 14.7. The van der Waals surface area contributed by atoms with Crippen LogP contribution in [-0.4, -0.2) is 33.7 Å². The number of aromatic nitrogens is 4. The SMILES string of the molecule is COCCn1nc(C(C)C)cc(-c2nnc(N)s2)c1=O. The minimum Gasteiger partial charge on any atom is -0.383 e. The summed E-state index contributed by atoms with van der Waals surface area (Å²) in [6.45, 7) is 4.86. The summed E-state index contributed by atoms with van der Waals surface area (Å²) in [5, 5.41) is 12.9. The normalized spacial score (nSPS) is 11.2. The molecule has 2 aromatic heterocycles. The van der Waals surface area contributed by atoms with Crippen LogP contribution < -0.4 is 11.3 Å². The average molecular weight is 295 g/mol. The van der Waals surface area contributed by atoms with E-state index < -0.39 is 0 Å². The van der Waals surface area contributed by atoms with Gasteiger partial charge >= 0.3 is 0 Å². The number of hydrogen-bond acceptors (Lipinski definition) is 7. The highest BCUT2D eigenvalue weighted by atomic mass is 32.1. The van der Waals surface area contributed by atoms with Crippen LogP contribution in [0.2, 0.25) is 0 Å². The Bertz CT molecular complexity index is 650. The maximum Gasteiger partial charge on any atom is 0.277 e. The minimum absolute atomic E-state index is 0.202. The first-order chi connectivity index (χ1) is 9.52. The van der Waals surface area contributed by atoms with Crippen LogP contribution in [0.5, 0.6) is 0 Å². The molecule has 2 aromatic rings. The van der Waals surface area contributed by atoms with Gasteiger partial charge in [0.1, 0.15) is 0 Å². The maximum absolute atomic E-state index is 12.4. The van der Waals surface area contributed by atoms with Crippen LogP contribution in [0.25, 0.3) is 10.6 Å². The fourth-order valence-corrected chi connectivity index (χ4v) is 2.29. The van der Waals surface area contributed by atoms with Crippen molar-refractivity contribution in [1.29, 1.82) is 0 Å². The van der Waals surface area contributed by atoms with E-state index in [0.29, 0.717) is 28.9 Å². The molecule has 0 aromatic carbocycles. The third kappa shape index (κ3) is 3.02.